The first-order valence-corrected chi connectivity index (χ1v) is 4.34. The third-order valence-corrected chi connectivity index (χ3v) is 2.04. The second-order valence-electron chi connectivity index (χ2n) is 2.91. The highest BCUT2D eigenvalue weighted by Gasteiger charge is 2.09. The molecule has 0 amide bonds. The van der Waals surface area contributed by atoms with E-state index in [0.29, 0.717) is 11.3 Å². The molecule has 0 spiro atoms. The Bertz CT molecular complexity index is 494. The van der Waals surface area contributed by atoms with E-state index in [0.717, 1.165) is 11.3 Å². The van der Waals surface area contributed by atoms with E-state index in [-0.39, 0.29) is 0 Å². The largest absolute Gasteiger partial charge is 0.497 e. The highest BCUT2D eigenvalue weighted by Crippen LogP contribution is 2.24. The van der Waals surface area contributed by atoms with Crippen molar-refractivity contribution in [3.8, 4) is 23.1 Å². The Balaban J connectivity index is 2.42. The SMILES string of the molecule is COc1ccc(-c2oncc2C#N)cc1. The molecule has 0 saturated heterocycles. The number of aromatic nitrogens is 1. The smallest absolute Gasteiger partial charge is 0.184 e. The molecule has 0 bridgehead atoms. The Labute approximate surface area is 86.7 Å². The Hall–Kier alpha value is -2.28. The van der Waals surface area contributed by atoms with Gasteiger partial charge in [-0.05, 0) is 24.3 Å². The summed E-state index contributed by atoms with van der Waals surface area (Å²) in [4.78, 5) is 0. The fourth-order valence-electron chi connectivity index (χ4n) is 1.27. The first-order chi connectivity index (χ1) is 7.35. The van der Waals surface area contributed by atoms with Crippen LogP contribution in [0.1, 0.15) is 5.56 Å². The maximum Gasteiger partial charge on any atom is 0.184 e. The normalized spacial score (nSPS) is 9.60. The molecule has 0 atom stereocenters. The number of hydrogen-bond donors (Lipinski definition) is 0. The van der Waals surface area contributed by atoms with E-state index in [1.54, 1.807) is 19.2 Å². The molecule has 4 heteroatoms. The van der Waals surface area contributed by atoms with Gasteiger partial charge in [-0.1, -0.05) is 5.16 Å². The van der Waals surface area contributed by atoms with E-state index in [9.17, 15) is 0 Å². The second kappa shape index (κ2) is 3.84. The van der Waals surface area contributed by atoms with Crippen LogP contribution in [-0.4, -0.2) is 12.3 Å². The molecule has 1 aromatic heterocycles. The Morgan fingerprint density at radius 3 is 2.67 bits per heavy atom. The third kappa shape index (κ3) is 1.67. The number of nitrogens with zero attached hydrogens (tertiary/aromatic N) is 2. The van der Waals surface area contributed by atoms with Gasteiger partial charge in [0.1, 0.15) is 17.4 Å². The van der Waals surface area contributed by atoms with Gasteiger partial charge in [0.2, 0.25) is 0 Å². The van der Waals surface area contributed by atoms with Crippen molar-refractivity contribution in [1.29, 1.82) is 5.26 Å². The predicted octanol–water partition coefficient (Wildman–Crippen LogP) is 2.22. The fraction of sp³-hybridized carbons (Fsp3) is 0.0909. The van der Waals surface area contributed by atoms with Crippen molar-refractivity contribution in [2.75, 3.05) is 7.11 Å². The molecule has 1 heterocycles. The summed E-state index contributed by atoms with van der Waals surface area (Å²) < 4.78 is 10.0. The molecular formula is C11H8N2O2. The fourth-order valence-corrected chi connectivity index (χ4v) is 1.27. The van der Waals surface area contributed by atoms with Crippen LogP contribution in [0.25, 0.3) is 11.3 Å². The van der Waals surface area contributed by atoms with Gasteiger partial charge in [-0.3, -0.25) is 0 Å². The van der Waals surface area contributed by atoms with E-state index >= 15 is 0 Å². The topological polar surface area (TPSA) is 59.1 Å². The summed E-state index contributed by atoms with van der Waals surface area (Å²) in [6, 6.07) is 9.26. The van der Waals surface area contributed by atoms with Crippen molar-refractivity contribution >= 4 is 0 Å². The molecule has 0 N–H and O–H groups in total. The van der Waals surface area contributed by atoms with Gasteiger partial charge in [-0.25, -0.2) is 0 Å². The van der Waals surface area contributed by atoms with Gasteiger partial charge in [-0.2, -0.15) is 5.26 Å². The molecule has 0 aliphatic carbocycles. The first kappa shape index (κ1) is 9.28. The standard InChI is InChI=1S/C11H8N2O2/c1-14-10-4-2-8(3-5-10)11-9(6-12)7-13-15-11/h2-5,7H,1H3. The third-order valence-electron chi connectivity index (χ3n) is 2.04. The van der Waals surface area contributed by atoms with E-state index in [1.165, 1.54) is 6.20 Å². The molecule has 15 heavy (non-hydrogen) atoms. The molecular weight excluding hydrogens is 192 g/mol. The molecule has 0 unspecified atom stereocenters. The van der Waals surface area contributed by atoms with Crippen LogP contribution in [-0.2, 0) is 0 Å². The monoisotopic (exact) mass is 200 g/mol. The minimum Gasteiger partial charge on any atom is -0.497 e. The van der Waals surface area contributed by atoms with Gasteiger partial charge in [0.25, 0.3) is 0 Å². The lowest BCUT2D eigenvalue weighted by Crippen LogP contribution is -1.82. The van der Waals surface area contributed by atoms with Crippen LogP contribution in [0.15, 0.2) is 35.0 Å². The number of hydrogen-bond acceptors (Lipinski definition) is 4. The number of ether oxygens (including phenoxy) is 1. The van der Waals surface area contributed by atoms with Crippen molar-refractivity contribution in [2.24, 2.45) is 0 Å². The maximum absolute atomic E-state index is 8.79. The van der Waals surface area contributed by atoms with Crippen molar-refractivity contribution in [3.05, 3.63) is 36.0 Å². The van der Waals surface area contributed by atoms with Crippen molar-refractivity contribution in [3.63, 3.8) is 0 Å². The molecule has 1 aromatic carbocycles. The number of benzene rings is 1. The Kier molecular flexibility index (Phi) is 2.38. The lowest BCUT2D eigenvalue weighted by atomic mass is 10.1. The lowest BCUT2D eigenvalue weighted by Gasteiger charge is -2.00. The van der Waals surface area contributed by atoms with Crippen molar-refractivity contribution < 1.29 is 9.26 Å². The predicted molar refractivity (Wildman–Crippen MR) is 53.2 cm³/mol. The van der Waals surface area contributed by atoms with Gasteiger partial charge in [0.05, 0.1) is 13.3 Å². The number of rotatable bonds is 2. The van der Waals surface area contributed by atoms with Crippen LogP contribution in [0.4, 0.5) is 0 Å². The summed E-state index contributed by atoms with van der Waals surface area (Å²) in [6.07, 6.45) is 1.40. The van der Waals surface area contributed by atoms with E-state index < -0.39 is 0 Å². The van der Waals surface area contributed by atoms with Crippen LogP contribution in [0.5, 0.6) is 5.75 Å². The average molecular weight is 200 g/mol. The van der Waals surface area contributed by atoms with Crippen LogP contribution in [0, 0.1) is 11.3 Å². The maximum atomic E-state index is 8.79. The van der Waals surface area contributed by atoms with Crippen LogP contribution < -0.4 is 4.74 Å². The highest BCUT2D eigenvalue weighted by atomic mass is 16.5. The second-order valence-corrected chi connectivity index (χ2v) is 2.91. The lowest BCUT2D eigenvalue weighted by molar-refractivity contribution is 0.414. The van der Waals surface area contributed by atoms with Crippen LogP contribution in [0.3, 0.4) is 0 Å². The minimum atomic E-state index is 0.431. The molecule has 0 saturated carbocycles. The summed E-state index contributed by atoms with van der Waals surface area (Å²) in [5.74, 6) is 1.25. The highest BCUT2D eigenvalue weighted by molar-refractivity contribution is 5.64. The molecule has 2 aromatic rings. The van der Waals surface area contributed by atoms with Crippen molar-refractivity contribution in [1.82, 2.24) is 5.16 Å². The number of methoxy groups -OCH3 is 1. The van der Waals surface area contributed by atoms with Crippen LogP contribution in [0.2, 0.25) is 0 Å². The summed E-state index contributed by atoms with van der Waals surface area (Å²) in [5.41, 5.74) is 1.24. The Morgan fingerprint density at radius 1 is 1.33 bits per heavy atom. The zero-order chi connectivity index (χ0) is 10.7. The van der Waals surface area contributed by atoms with E-state index in [2.05, 4.69) is 5.16 Å². The molecule has 0 fully saturated rings. The van der Waals surface area contributed by atoms with Crippen molar-refractivity contribution in [2.45, 2.75) is 0 Å². The van der Waals surface area contributed by atoms with E-state index in [1.807, 2.05) is 18.2 Å². The minimum absolute atomic E-state index is 0.431. The van der Waals surface area contributed by atoms with Gasteiger partial charge in [-0.15, -0.1) is 0 Å². The van der Waals surface area contributed by atoms with Crippen LogP contribution >= 0.6 is 0 Å². The van der Waals surface area contributed by atoms with Gasteiger partial charge < -0.3 is 9.26 Å². The molecule has 0 radical (unpaired) electrons. The quantitative estimate of drug-likeness (QED) is 0.745. The molecule has 4 nitrogen and oxygen atoms in total. The zero-order valence-corrected chi connectivity index (χ0v) is 8.10. The Morgan fingerprint density at radius 2 is 2.07 bits per heavy atom. The van der Waals surface area contributed by atoms with Gasteiger partial charge in [0, 0.05) is 5.56 Å². The average Bonchev–Trinajstić information content (AvgIpc) is 2.77. The molecule has 0 aliphatic heterocycles. The zero-order valence-electron chi connectivity index (χ0n) is 8.10. The van der Waals surface area contributed by atoms with E-state index in [4.69, 9.17) is 14.5 Å². The first-order valence-electron chi connectivity index (χ1n) is 4.34. The summed E-state index contributed by atoms with van der Waals surface area (Å²) in [5, 5.41) is 12.4. The summed E-state index contributed by atoms with van der Waals surface area (Å²) in [6.45, 7) is 0. The van der Waals surface area contributed by atoms with Gasteiger partial charge >= 0.3 is 0 Å². The molecule has 0 aliphatic rings. The summed E-state index contributed by atoms with van der Waals surface area (Å²) >= 11 is 0. The van der Waals surface area contributed by atoms with Gasteiger partial charge in [0.15, 0.2) is 5.76 Å². The number of nitriles is 1. The molecule has 2 rings (SSSR count). The molecule has 74 valence electrons. The summed E-state index contributed by atoms with van der Waals surface area (Å²) in [7, 11) is 1.60.